The number of anilines is 1. The molecule has 0 fully saturated rings. The van der Waals surface area contributed by atoms with Crippen molar-refractivity contribution >= 4 is 17.2 Å². The third-order valence-corrected chi connectivity index (χ3v) is 4.48. The molecule has 3 aromatic heterocycles. The maximum absolute atomic E-state index is 12.9. The van der Waals surface area contributed by atoms with Gasteiger partial charge in [0.05, 0.1) is 29.7 Å². The average Bonchev–Trinajstić information content (AvgIpc) is 3.21. The highest BCUT2D eigenvalue weighted by Gasteiger charge is 2.17. The van der Waals surface area contributed by atoms with Crippen LogP contribution in [0.2, 0.25) is 0 Å². The van der Waals surface area contributed by atoms with Gasteiger partial charge in [-0.05, 0) is 36.4 Å². The summed E-state index contributed by atoms with van der Waals surface area (Å²) in [5, 5.41) is 17.8. The fraction of sp³-hybridized carbons (Fsp3) is 0.0476. The molecule has 3 heterocycles. The van der Waals surface area contributed by atoms with Crippen LogP contribution in [0.3, 0.4) is 0 Å². The minimum Gasteiger partial charge on any atom is -0.310 e. The summed E-state index contributed by atoms with van der Waals surface area (Å²) in [5.41, 5.74) is 3.82. The molecule has 0 aliphatic heterocycles. The van der Waals surface area contributed by atoms with Crippen LogP contribution in [0.1, 0.15) is 21.7 Å². The molecule has 0 aliphatic rings. The van der Waals surface area contributed by atoms with Crippen LogP contribution in [0.15, 0.2) is 61.2 Å². The number of fused-ring (bicyclic) bond motifs is 1. The van der Waals surface area contributed by atoms with Crippen molar-refractivity contribution in [1.82, 2.24) is 19.4 Å². The lowest BCUT2D eigenvalue weighted by Crippen LogP contribution is -2.27. The first kappa shape index (κ1) is 17.8. The molecule has 1 aromatic carbocycles. The molecule has 0 aliphatic carbocycles. The number of imidazole rings is 1. The summed E-state index contributed by atoms with van der Waals surface area (Å²) in [6.45, 7) is 0. The molecule has 138 valence electrons. The number of hydrogen-bond donors (Lipinski definition) is 0. The molecule has 0 unspecified atom stereocenters. The zero-order valence-electron chi connectivity index (χ0n) is 15.3. The Hall–Kier alpha value is -4.56. The van der Waals surface area contributed by atoms with E-state index in [1.807, 2.05) is 6.07 Å². The molecule has 29 heavy (non-hydrogen) atoms. The first-order chi connectivity index (χ1) is 14.1. The Kier molecular flexibility index (Phi) is 4.44. The van der Waals surface area contributed by atoms with Gasteiger partial charge in [0.25, 0.3) is 5.91 Å². The van der Waals surface area contributed by atoms with Gasteiger partial charge in [-0.1, -0.05) is 0 Å². The summed E-state index contributed by atoms with van der Waals surface area (Å²) >= 11 is 0. The predicted octanol–water partition coefficient (Wildman–Crippen LogP) is 2.81. The van der Waals surface area contributed by atoms with Crippen molar-refractivity contribution in [3.63, 3.8) is 0 Å². The van der Waals surface area contributed by atoms with Crippen molar-refractivity contribution in [2.75, 3.05) is 11.9 Å². The van der Waals surface area contributed by atoms with Gasteiger partial charge >= 0.3 is 0 Å². The summed E-state index contributed by atoms with van der Waals surface area (Å²) in [5.74, 6) is -0.297. The summed E-state index contributed by atoms with van der Waals surface area (Å²) in [7, 11) is 1.65. The van der Waals surface area contributed by atoms with Crippen LogP contribution in [0, 0.1) is 22.7 Å². The number of rotatable bonds is 3. The van der Waals surface area contributed by atoms with E-state index in [-0.39, 0.29) is 11.6 Å². The standard InChI is InChI=1S/C21H13N7O/c1-27(17-6-2-14(8-22)3-7-17)21(29)18-13-28-19(11-26-20(28)12-25-18)15-4-5-16(9-23)24-10-15/h2-7,10-13H,1H3. The van der Waals surface area contributed by atoms with Crippen LogP contribution in [0.4, 0.5) is 5.69 Å². The van der Waals surface area contributed by atoms with Crippen molar-refractivity contribution in [1.29, 1.82) is 10.5 Å². The zero-order valence-corrected chi connectivity index (χ0v) is 15.3. The summed E-state index contributed by atoms with van der Waals surface area (Å²) in [6.07, 6.45) is 6.41. The third kappa shape index (κ3) is 3.27. The molecule has 0 spiro atoms. The SMILES string of the molecule is CN(C(=O)c1cn2c(-c3ccc(C#N)nc3)cnc2cn1)c1ccc(C#N)cc1. The second-order valence-electron chi connectivity index (χ2n) is 6.21. The number of carbonyl (C=O) groups excluding carboxylic acids is 1. The first-order valence-electron chi connectivity index (χ1n) is 8.58. The fourth-order valence-corrected chi connectivity index (χ4v) is 2.87. The van der Waals surface area contributed by atoms with Gasteiger partial charge in [0.15, 0.2) is 5.65 Å². The number of aromatic nitrogens is 4. The average molecular weight is 379 g/mol. The topological polar surface area (TPSA) is 111 Å². The lowest BCUT2D eigenvalue weighted by Gasteiger charge is -2.17. The van der Waals surface area contributed by atoms with Gasteiger partial charge in [0, 0.05) is 30.7 Å². The van der Waals surface area contributed by atoms with Gasteiger partial charge in [0.1, 0.15) is 17.5 Å². The van der Waals surface area contributed by atoms with Crippen LogP contribution in [0.5, 0.6) is 0 Å². The number of hydrogen-bond acceptors (Lipinski definition) is 6. The number of carbonyl (C=O) groups is 1. The lowest BCUT2D eigenvalue weighted by molar-refractivity contribution is 0.0988. The van der Waals surface area contributed by atoms with Gasteiger partial charge in [-0.15, -0.1) is 0 Å². The first-order valence-corrected chi connectivity index (χ1v) is 8.58. The van der Waals surface area contributed by atoms with E-state index in [0.29, 0.717) is 22.6 Å². The Bertz CT molecular complexity index is 1290. The number of pyridine rings is 1. The Balaban J connectivity index is 1.69. The molecular formula is C21H13N7O. The van der Waals surface area contributed by atoms with Crippen LogP contribution in [0.25, 0.3) is 16.9 Å². The molecule has 0 atom stereocenters. The molecule has 0 bridgehead atoms. The highest BCUT2D eigenvalue weighted by Crippen LogP contribution is 2.21. The summed E-state index contributed by atoms with van der Waals surface area (Å²) in [6, 6.07) is 14.2. The Morgan fingerprint density at radius 2 is 1.76 bits per heavy atom. The smallest absolute Gasteiger partial charge is 0.278 e. The fourth-order valence-electron chi connectivity index (χ4n) is 2.87. The second-order valence-corrected chi connectivity index (χ2v) is 6.21. The quantitative estimate of drug-likeness (QED) is 0.541. The van der Waals surface area contributed by atoms with Gasteiger partial charge in [0.2, 0.25) is 0 Å². The molecule has 8 heteroatoms. The molecule has 0 saturated heterocycles. The minimum atomic E-state index is -0.297. The molecule has 8 nitrogen and oxygen atoms in total. The van der Waals surface area contributed by atoms with Crippen LogP contribution in [-0.2, 0) is 0 Å². The Morgan fingerprint density at radius 1 is 0.966 bits per heavy atom. The maximum Gasteiger partial charge on any atom is 0.278 e. The molecule has 4 aromatic rings. The number of nitriles is 2. The van der Waals surface area contributed by atoms with Crippen molar-refractivity contribution in [3.8, 4) is 23.4 Å². The lowest BCUT2D eigenvalue weighted by atomic mass is 10.2. The molecule has 0 saturated carbocycles. The van der Waals surface area contributed by atoms with Crippen molar-refractivity contribution < 1.29 is 4.79 Å². The monoisotopic (exact) mass is 379 g/mol. The molecular weight excluding hydrogens is 366 g/mol. The van der Waals surface area contributed by atoms with Crippen LogP contribution >= 0.6 is 0 Å². The molecule has 1 amide bonds. The number of nitrogens with zero attached hydrogens (tertiary/aromatic N) is 7. The van der Waals surface area contributed by atoms with E-state index in [1.54, 1.807) is 66.4 Å². The second kappa shape index (κ2) is 7.22. The van der Waals surface area contributed by atoms with Crippen molar-refractivity contribution in [2.24, 2.45) is 0 Å². The third-order valence-electron chi connectivity index (χ3n) is 4.48. The molecule has 0 radical (unpaired) electrons. The highest BCUT2D eigenvalue weighted by molar-refractivity contribution is 6.04. The zero-order chi connectivity index (χ0) is 20.4. The van der Waals surface area contributed by atoms with E-state index < -0.39 is 0 Å². The van der Waals surface area contributed by atoms with Crippen molar-refractivity contribution in [3.05, 3.63) is 78.1 Å². The highest BCUT2D eigenvalue weighted by atomic mass is 16.2. The van der Waals surface area contributed by atoms with Crippen molar-refractivity contribution in [2.45, 2.75) is 0 Å². The maximum atomic E-state index is 12.9. The van der Waals surface area contributed by atoms with Gasteiger partial charge in [-0.2, -0.15) is 10.5 Å². The normalized spacial score (nSPS) is 10.3. The number of benzene rings is 1. The van der Waals surface area contributed by atoms with E-state index in [0.717, 1.165) is 11.3 Å². The number of amides is 1. The van der Waals surface area contributed by atoms with Gasteiger partial charge in [-0.3, -0.25) is 9.20 Å². The Morgan fingerprint density at radius 3 is 2.41 bits per heavy atom. The summed E-state index contributed by atoms with van der Waals surface area (Å²) in [4.78, 5) is 27.0. The molecule has 0 N–H and O–H groups in total. The molecule has 4 rings (SSSR count). The van der Waals surface area contributed by atoms with E-state index in [9.17, 15) is 4.79 Å². The van der Waals surface area contributed by atoms with Crippen LogP contribution < -0.4 is 4.90 Å². The van der Waals surface area contributed by atoms with Gasteiger partial charge < -0.3 is 4.90 Å². The largest absolute Gasteiger partial charge is 0.310 e. The van der Waals surface area contributed by atoms with E-state index in [2.05, 4.69) is 21.0 Å². The summed E-state index contributed by atoms with van der Waals surface area (Å²) < 4.78 is 1.76. The van der Waals surface area contributed by atoms with Crippen LogP contribution in [-0.4, -0.2) is 32.3 Å². The van der Waals surface area contributed by atoms with Gasteiger partial charge in [-0.25, -0.2) is 15.0 Å². The van der Waals surface area contributed by atoms with E-state index in [1.165, 1.54) is 11.1 Å². The predicted molar refractivity (Wildman–Crippen MR) is 105 cm³/mol. The van der Waals surface area contributed by atoms with E-state index >= 15 is 0 Å². The van der Waals surface area contributed by atoms with E-state index in [4.69, 9.17) is 10.5 Å². The Labute approximate surface area is 165 Å². The minimum absolute atomic E-state index is 0.241.